The van der Waals surface area contributed by atoms with Crippen LogP contribution in [0.25, 0.3) is 0 Å². The summed E-state index contributed by atoms with van der Waals surface area (Å²) in [6.07, 6.45) is 0.978. The summed E-state index contributed by atoms with van der Waals surface area (Å²) in [5.41, 5.74) is 0.599. The number of nitrogens with zero attached hydrogens (tertiary/aromatic N) is 1. The lowest BCUT2D eigenvalue weighted by molar-refractivity contribution is -0.125. The number of hydrogen-bond donors (Lipinski definition) is 1. The fourth-order valence-electron chi connectivity index (χ4n) is 0.920. The van der Waals surface area contributed by atoms with Gasteiger partial charge >= 0.3 is 0 Å². The molecule has 0 unspecified atom stereocenters. The van der Waals surface area contributed by atoms with Gasteiger partial charge in [0.25, 0.3) is 0 Å². The largest absolute Gasteiger partial charge is 0.342 e. The molecule has 0 atom stereocenters. The van der Waals surface area contributed by atoms with E-state index < -0.39 is 0 Å². The molecular formula is C9H18N2O. The molecule has 1 N–H and O–H groups in total. The molecule has 0 aromatic rings. The van der Waals surface area contributed by atoms with Crippen molar-refractivity contribution in [3.8, 4) is 0 Å². The van der Waals surface area contributed by atoms with Gasteiger partial charge in [-0.25, -0.2) is 0 Å². The quantitative estimate of drug-likeness (QED) is 0.485. The van der Waals surface area contributed by atoms with Gasteiger partial charge in [-0.05, 0) is 26.9 Å². The number of rotatable bonds is 5. The van der Waals surface area contributed by atoms with Crippen LogP contribution in [0.4, 0.5) is 0 Å². The smallest absolute Gasteiger partial charge is 0.248 e. The molecule has 1 amide bonds. The highest BCUT2D eigenvalue weighted by molar-refractivity contribution is 5.91. The normalized spacial score (nSPS) is 9.58. The van der Waals surface area contributed by atoms with Crippen LogP contribution < -0.4 is 5.32 Å². The van der Waals surface area contributed by atoms with Crippen molar-refractivity contribution in [3.63, 3.8) is 0 Å². The predicted molar refractivity (Wildman–Crippen MR) is 51.0 cm³/mol. The van der Waals surface area contributed by atoms with Gasteiger partial charge in [0, 0.05) is 19.2 Å². The average Bonchev–Trinajstić information content (AvgIpc) is 2.03. The topological polar surface area (TPSA) is 32.3 Å². The van der Waals surface area contributed by atoms with E-state index >= 15 is 0 Å². The van der Waals surface area contributed by atoms with Crippen LogP contribution in [0, 0.1) is 0 Å². The van der Waals surface area contributed by atoms with Crippen LogP contribution in [0.15, 0.2) is 12.2 Å². The summed E-state index contributed by atoms with van der Waals surface area (Å²) in [7, 11) is 3.70. The van der Waals surface area contributed by atoms with Crippen LogP contribution in [0.5, 0.6) is 0 Å². The Balaban J connectivity index is 3.64. The number of carbonyl (C=O) groups excluding carboxylic acids is 1. The first-order valence-corrected chi connectivity index (χ1v) is 4.15. The first kappa shape index (κ1) is 11.2. The maximum atomic E-state index is 11.2. The Hall–Kier alpha value is -0.830. The van der Waals surface area contributed by atoms with Crippen LogP contribution in [0.3, 0.4) is 0 Å². The molecule has 0 aliphatic heterocycles. The molecule has 0 bridgehead atoms. The molecule has 12 heavy (non-hydrogen) atoms. The average molecular weight is 170 g/mol. The fraction of sp³-hybridized carbons (Fsp3) is 0.667. The number of amides is 1. The summed E-state index contributed by atoms with van der Waals surface area (Å²) in [5.74, 6) is 0.0334. The number of nitrogens with one attached hydrogen (secondary N) is 1. The van der Waals surface area contributed by atoms with Crippen molar-refractivity contribution in [2.75, 3.05) is 27.2 Å². The van der Waals surface area contributed by atoms with Crippen LogP contribution in [-0.4, -0.2) is 38.0 Å². The lowest BCUT2D eigenvalue weighted by atomic mass is 10.3. The van der Waals surface area contributed by atoms with E-state index in [4.69, 9.17) is 0 Å². The third-order valence-corrected chi connectivity index (χ3v) is 1.63. The minimum Gasteiger partial charge on any atom is -0.342 e. The van der Waals surface area contributed by atoms with Gasteiger partial charge in [0.1, 0.15) is 0 Å². The van der Waals surface area contributed by atoms with Crippen molar-refractivity contribution in [2.24, 2.45) is 0 Å². The van der Waals surface area contributed by atoms with Gasteiger partial charge < -0.3 is 10.2 Å². The van der Waals surface area contributed by atoms with Crippen molar-refractivity contribution < 1.29 is 4.79 Å². The number of carbonyl (C=O) groups is 1. The lowest BCUT2D eigenvalue weighted by Gasteiger charge is -2.16. The second-order valence-electron chi connectivity index (χ2n) is 2.96. The fourth-order valence-corrected chi connectivity index (χ4v) is 0.920. The molecule has 0 fully saturated rings. The van der Waals surface area contributed by atoms with Gasteiger partial charge in [-0.3, -0.25) is 4.79 Å². The van der Waals surface area contributed by atoms with E-state index in [2.05, 4.69) is 11.9 Å². The SMILES string of the molecule is C=C(C)C(=O)N(C)CCCNC. The van der Waals surface area contributed by atoms with Gasteiger partial charge in [0.15, 0.2) is 0 Å². The molecule has 0 aliphatic carbocycles. The van der Waals surface area contributed by atoms with Gasteiger partial charge in [0.05, 0.1) is 0 Å². The highest BCUT2D eigenvalue weighted by Crippen LogP contribution is 1.96. The molecular weight excluding hydrogens is 152 g/mol. The van der Waals surface area contributed by atoms with Crippen molar-refractivity contribution in [2.45, 2.75) is 13.3 Å². The van der Waals surface area contributed by atoms with Gasteiger partial charge in [0.2, 0.25) is 5.91 Å². The molecule has 3 heteroatoms. The van der Waals surface area contributed by atoms with Crippen molar-refractivity contribution in [3.05, 3.63) is 12.2 Å². The first-order valence-electron chi connectivity index (χ1n) is 4.15. The van der Waals surface area contributed by atoms with E-state index in [1.54, 1.807) is 18.9 Å². The molecule has 0 aliphatic rings. The molecule has 0 rings (SSSR count). The van der Waals surface area contributed by atoms with E-state index in [-0.39, 0.29) is 5.91 Å². The third-order valence-electron chi connectivity index (χ3n) is 1.63. The Morgan fingerprint density at radius 1 is 1.58 bits per heavy atom. The molecule has 0 radical (unpaired) electrons. The maximum Gasteiger partial charge on any atom is 0.248 e. The second kappa shape index (κ2) is 5.77. The molecule has 0 aromatic heterocycles. The highest BCUT2D eigenvalue weighted by Gasteiger charge is 2.07. The summed E-state index contributed by atoms with van der Waals surface area (Å²) < 4.78 is 0. The van der Waals surface area contributed by atoms with Crippen LogP contribution in [0.1, 0.15) is 13.3 Å². The zero-order valence-corrected chi connectivity index (χ0v) is 8.18. The van der Waals surface area contributed by atoms with Crippen molar-refractivity contribution >= 4 is 5.91 Å². The molecule has 0 spiro atoms. The molecule has 0 aromatic carbocycles. The van der Waals surface area contributed by atoms with Crippen molar-refractivity contribution in [1.29, 1.82) is 0 Å². The van der Waals surface area contributed by atoms with Gasteiger partial charge in [-0.15, -0.1) is 0 Å². The minimum absolute atomic E-state index is 0.0334. The Kier molecular flexibility index (Phi) is 5.37. The number of hydrogen-bond acceptors (Lipinski definition) is 2. The van der Waals surface area contributed by atoms with Gasteiger partial charge in [-0.1, -0.05) is 6.58 Å². The lowest BCUT2D eigenvalue weighted by Crippen LogP contribution is -2.29. The maximum absolute atomic E-state index is 11.2. The van der Waals surface area contributed by atoms with Crippen molar-refractivity contribution in [1.82, 2.24) is 10.2 Å². The predicted octanol–water partition coefficient (Wildman–Crippen LogP) is 0.630. The summed E-state index contributed by atoms with van der Waals surface area (Å²) in [6.45, 7) is 7.05. The Labute approximate surface area is 74.4 Å². The summed E-state index contributed by atoms with van der Waals surface area (Å²) in [5, 5.41) is 3.03. The number of likely N-dealkylation sites (N-methyl/N-ethyl adjacent to an activating group) is 1. The Bertz CT molecular complexity index is 166. The second-order valence-corrected chi connectivity index (χ2v) is 2.96. The monoisotopic (exact) mass is 170 g/mol. The summed E-state index contributed by atoms with van der Waals surface area (Å²) >= 11 is 0. The summed E-state index contributed by atoms with van der Waals surface area (Å²) in [6, 6.07) is 0. The van der Waals surface area contributed by atoms with E-state index in [1.165, 1.54) is 0 Å². The Morgan fingerprint density at radius 2 is 2.17 bits per heavy atom. The first-order chi connectivity index (χ1) is 5.59. The van der Waals surface area contributed by atoms with E-state index in [1.807, 2.05) is 7.05 Å². The molecule has 0 saturated carbocycles. The summed E-state index contributed by atoms with van der Waals surface area (Å²) in [4.78, 5) is 12.9. The van der Waals surface area contributed by atoms with Crippen LogP contribution >= 0.6 is 0 Å². The molecule has 0 saturated heterocycles. The van der Waals surface area contributed by atoms with Gasteiger partial charge in [-0.2, -0.15) is 0 Å². The third kappa shape index (κ3) is 4.13. The standard InChI is InChI=1S/C9H18N2O/c1-8(2)9(12)11(4)7-5-6-10-3/h10H,1,5-7H2,2-4H3. The zero-order valence-electron chi connectivity index (χ0n) is 8.18. The Morgan fingerprint density at radius 3 is 2.58 bits per heavy atom. The van der Waals surface area contributed by atoms with Crippen LogP contribution in [-0.2, 0) is 4.79 Å². The van der Waals surface area contributed by atoms with E-state index in [9.17, 15) is 4.79 Å². The van der Waals surface area contributed by atoms with E-state index in [0.29, 0.717) is 5.57 Å². The molecule has 70 valence electrons. The van der Waals surface area contributed by atoms with E-state index in [0.717, 1.165) is 19.5 Å². The highest BCUT2D eigenvalue weighted by atomic mass is 16.2. The molecule has 0 heterocycles. The molecule has 3 nitrogen and oxygen atoms in total. The van der Waals surface area contributed by atoms with Crippen LogP contribution in [0.2, 0.25) is 0 Å². The minimum atomic E-state index is 0.0334. The zero-order chi connectivity index (χ0) is 9.56.